The molecule has 1 aromatic rings. The summed E-state index contributed by atoms with van der Waals surface area (Å²) in [5.41, 5.74) is 0.406. The number of hydrogen-bond acceptors (Lipinski definition) is 4. The topological polar surface area (TPSA) is 84.2 Å². The van der Waals surface area contributed by atoms with Crippen LogP contribution in [0.5, 0.6) is 0 Å². The van der Waals surface area contributed by atoms with E-state index in [1.165, 1.54) is 10.9 Å². The highest BCUT2D eigenvalue weighted by molar-refractivity contribution is 7.89. The fraction of sp³-hybridized carbons (Fsp3) is 0.500. The van der Waals surface area contributed by atoms with Gasteiger partial charge in [-0.05, 0) is 6.92 Å². The number of aliphatic hydroxyl groups is 1. The van der Waals surface area contributed by atoms with Crippen molar-refractivity contribution in [3.05, 3.63) is 11.9 Å². The normalized spacial score (nSPS) is 11.9. The predicted octanol–water partition coefficient (Wildman–Crippen LogP) is -1.04. The van der Waals surface area contributed by atoms with Crippen molar-refractivity contribution in [2.45, 2.75) is 11.8 Å². The van der Waals surface area contributed by atoms with E-state index in [1.54, 1.807) is 14.0 Å². The van der Waals surface area contributed by atoms with E-state index in [-0.39, 0.29) is 4.90 Å². The summed E-state index contributed by atoms with van der Waals surface area (Å²) >= 11 is 0. The molecule has 1 heterocycles. The molecule has 7 heteroatoms. The number of aromatic nitrogens is 2. The van der Waals surface area contributed by atoms with Gasteiger partial charge in [-0.25, -0.2) is 8.42 Å². The first-order chi connectivity index (χ1) is 5.97. The molecule has 1 rings (SSSR count). The highest BCUT2D eigenvalue weighted by Crippen LogP contribution is 2.11. The summed E-state index contributed by atoms with van der Waals surface area (Å²) in [4.78, 5) is 0.0871. The summed E-state index contributed by atoms with van der Waals surface area (Å²) in [5.74, 6) is 0. The van der Waals surface area contributed by atoms with Crippen LogP contribution in [0.1, 0.15) is 5.69 Å². The van der Waals surface area contributed by atoms with Gasteiger partial charge in [-0.15, -0.1) is 0 Å². The number of hydrogen-bond donors (Lipinski definition) is 2. The zero-order valence-electron chi connectivity index (χ0n) is 7.35. The first-order valence-corrected chi connectivity index (χ1v) is 5.06. The Hall–Kier alpha value is -0.920. The van der Waals surface area contributed by atoms with Crippen molar-refractivity contribution in [1.82, 2.24) is 14.5 Å². The van der Waals surface area contributed by atoms with Gasteiger partial charge < -0.3 is 5.11 Å². The van der Waals surface area contributed by atoms with Crippen LogP contribution < -0.4 is 4.72 Å². The quantitative estimate of drug-likeness (QED) is 0.617. The Morgan fingerprint density at radius 2 is 2.31 bits per heavy atom. The van der Waals surface area contributed by atoms with Crippen LogP contribution in [-0.2, 0) is 17.1 Å². The van der Waals surface area contributed by atoms with E-state index in [0.717, 1.165) is 0 Å². The molecule has 0 unspecified atom stereocenters. The Bertz CT molecular complexity index is 395. The first kappa shape index (κ1) is 10.2. The molecule has 0 atom stereocenters. The molecule has 0 spiro atoms. The van der Waals surface area contributed by atoms with Crippen LogP contribution in [0.4, 0.5) is 0 Å². The highest BCUT2D eigenvalue weighted by atomic mass is 32.2. The zero-order valence-corrected chi connectivity index (χ0v) is 8.17. The summed E-state index contributed by atoms with van der Waals surface area (Å²) in [6.07, 6.45) is 1.38. The average Bonchev–Trinajstić information content (AvgIpc) is 2.30. The van der Waals surface area contributed by atoms with E-state index >= 15 is 0 Å². The Kier molecular flexibility index (Phi) is 2.69. The molecule has 0 radical (unpaired) electrons. The first-order valence-electron chi connectivity index (χ1n) is 3.58. The highest BCUT2D eigenvalue weighted by Gasteiger charge is 2.18. The van der Waals surface area contributed by atoms with Gasteiger partial charge in [-0.3, -0.25) is 4.68 Å². The maximum atomic E-state index is 11.3. The number of sulfonamides is 1. The minimum absolute atomic E-state index is 0.0871. The van der Waals surface area contributed by atoms with E-state index in [9.17, 15) is 8.42 Å². The molecule has 1 aromatic heterocycles. The Labute approximate surface area is 76.2 Å². The number of aliphatic hydroxyl groups excluding tert-OH is 1. The van der Waals surface area contributed by atoms with Crippen LogP contribution >= 0.6 is 0 Å². The van der Waals surface area contributed by atoms with E-state index in [4.69, 9.17) is 5.11 Å². The van der Waals surface area contributed by atoms with Crippen molar-refractivity contribution < 1.29 is 13.5 Å². The van der Waals surface area contributed by atoms with Gasteiger partial charge in [0.1, 0.15) is 11.6 Å². The Morgan fingerprint density at radius 1 is 1.69 bits per heavy atom. The molecule has 0 amide bonds. The van der Waals surface area contributed by atoms with Crippen molar-refractivity contribution in [1.29, 1.82) is 0 Å². The van der Waals surface area contributed by atoms with Crippen LogP contribution in [0.2, 0.25) is 0 Å². The molecular formula is C6H11N3O3S. The molecule has 74 valence electrons. The number of nitrogens with zero attached hydrogens (tertiary/aromatic N) is 2. The van der Waals surface area contributed by atoms with E-state index in [0.29, 0.717) is 5.69 Å². The second-order valence-electron chi connectivity index (χ2n) is 2.56. The molecule has 0 fully saturated rings. The van der Waals surface area contributed by atoms with Crippen LogP contribution in [0.3, 0.4) is 0 Å². The van der Waals surface area contributed by atoms with E-state index in [2.05, 4.69) is 5.10 Å². The van der Waals surface area contributed by atoms with Gasteiger partial charge in [-0.1, -0.05) is 0 Å². The second-order valence-corrected chi connectivity index (χ2v) is 4.29. The molecule has 0 aliphatic carbocycles. The summed E-state index contributed by atoms with van der Waals surface area (Å²) in [5, 5.41) is 12.3. The van der Waals surface area contributed by atoms with Crippen LogP contribution in [-0.4, -0.2) is 30.0 Å². The fourth-order valence-electron chi connectivity index (χ4n) is 1.00. The van der Waals surface area contributed by atoms with Crippen LogP contribution in [0.25, 0.3) is 0 Å². The van der Waals surface area contributed by atoms with Crippen molar-refractivity contribution >= 4 is 10.0 Å². The van der Waals surface area contributed by atoms with Gasteiger partial charge in [0.05, 0.1) is 5.69 Å². The standard InChI is InChI=1S/C6H11N3O3S/c1-5-6(3-9(2)8-5)13(11,12)7-4-10/h3,7,10H,4H2,1-2H3. The molecule has 0 aliphatic rings. The summed E-state index contributed by atoms with van der Waals surface area (Å²) in [6.45, 7) is 0.975. The van der Waals surface area contributed by atoms with Gasteiger partial charge in [0.25, 0.3) is 0 Å². The van der Waals surface area contributed by atoms with Gasteiger partial charge in [0.15, 0.2) is 0 Å². The number of aryl methyl sites for hydroxylation is 2. The molecule has 0 saturated carbocycles. The smallest absolute Gasteiger partial charge is 0.245 e. The molecule has 0 saturated heterocycles. The van der Waals surface area contributed by atoms with Gasteiger partial charge in [-0.2, -0.15) is 9.82 Å². The number of rotatable bonds is 3. The third-order valence-electron chi connectivity index (χ3n) is 1.51. The summed E-state index contributed by atoms with van der Waals surface area (Å²) in [7, 11) is -1.97. The van der Waals surface area contributed by atoms with Crippen LogP contribution in [0.15, 0.2) is 11.1 Å². The molecule has 0 aliphatic heterocycles. The van der Waals surface area contributed by atoms with E-state index in [1.807, 2.05) is 4.72 Å². The van der Waals surface area contributed by atoms with Gasteiger partial charge in [0.2, 0.25) is 10.0 Å². The maximum absolute atomic E-state index is 11.3. The van der Waals surface area contributed by atoms with Gasteiger partial charge >= 0.3 is 0 Å². The monoisotopic (exact) mass is 205 g/mol. The van der Waals surface area contributed by atoms with Crippen molar-refractivity contribution in [2.75, 3.05) is 6.73 Å². The third-order valence-corrected chi connectivity index (χ3v) is 3.00. The van der Waals surface area contributed by atoms with Crippen LogP contribution in [0, 0.1) is 6.92 Å². The lowest BCUT2D eigenvalue weighted by Crippen LogP contribution is -2.24. The summed E-state index contributed by atoms with van der Waals surface area (Å²) in [6, 6.07) is 0. The van der Waals surface area contributed by atoms with Crippen molar-refractivity contribution in [2.24, 2.45) is 7.05 Å². The lowest BCUT2D eigenvalue weighted by molar-refractivity contribution is 0.288. The average molecular weight is 205 g/mol. The zero-order chi connectivity index (χ0) is 10.1. The maximum Gasteiger partial charge on any atom is 0.245 e. The molecule has 2 N–H and O–H groups in total. The summed E-state index contributed by atoms with van der Waals surface area (Å²) < 4.78 is 26.1. The lowest BCUT2D eigenvalue weighted by Gasteiger charge is -2.00. The Balaban J connectivity index is 3.14. The molecule has 0 bridgehead atoms. The molecule has 13 heavy (non-hydrogen) atoms. The minimum Gasteiger partial charge on any atom is -0.380 e. The number of nitrogens with one attached hydrogen (secondary N) is 1. The Morgan fingerprint density at radius 3 is 2.69 bits per heavy atom. The largest absolute Gasteiger partial charge is 0.380 e. The van der Waals surface area contributed by atoms with Gasteiger partial charge in [0, 0.05) is 13.2 Å². The molecule has 6 nitrogen and oxygen atoms in total. The third kappa shape index (κ3) is 2.06. The van der Waals surface area contributed by atoms with Crippen molar-refractivity contribution in [3.63, 3.8) is 0 Å². The fourth-order valence-corrected chi connectivity index (χ4v) is 2.05. The lowest BCUT2D eigenvalue weighted by atomic mass is 10.5. The van der Waals surface area contributed by atoms with E-state index < -0.39 is 16.8 Å². The second kappa shape index (κ2) is 3.44. The molecule has 0 aromatic carbocycles. The predicted molar refractivity (Wildman–Crippen MR) is 45.4 cm³/mol. The van der Waals surface area contributed by atoms with Crippen molar-refractivity contribution in [3.8, 4) is 0 Å². The SMILES string of the molecule is Cc1nn(C)cc1S(=O)(=O)NCO. The minimum atomic E-state index is -3.60. The molecular weight excluding hydrogens is 194 g/mol.